The summed E-state index contributed by atoms with van der Waals surface area (Å²) < 4.78 is 29.0. The van der Waals surface area contributed by atoms with Gasteiger partial charge in [0.2, 0.25) is 0 Å². The van der Waals surface area contributed by atoms with Crippen LogP contribution in [0.2, 0.25) is 0 Å². The monoisotopic (exact) mass is 500 g/mol. The zero-order valence-corrected chi connectivity index (χ0v) is 17.7. The minimum absolute atomic E-state index is 0. The van der Waals surface area contributed by atoms with Gasteiger partial charge in [0, 0.05) is 37.2 Å². The summed E-state index contributed by atoms with van der Waals surface area (Å²) in [5, 5.41) is 7.66. The number of benzene rings is 2. The number of H-pyrrole nitrogens is 1. The lowest BCUT2D eigenvalue weighted by molar-refractivity contribution is -0.0498. The van der Waals surface area contributed by atoms with Gasteiger partial charge in [0.05, 0.1) is 0 Å². The summed E-state index contributed by atoms with van der Waals surface area (Å²) in [5.74, 6) is 0.793. The first-order chi connectivity index (χ1) is 13.2. The van der Waals surface area contributed by atoms with E-state index in [4.69, 9.17) is 0 Å². The van der Waals surface area contributed by atoms with Crippen molar-refractivity contribution in [2.45, 2.75) is 19.6 Å². The van der Waals surface area contributed by atoms with Crippen LogP contribution in [0.3, 0.4) is 0 Å². The lowest BCUT2D eigenvalue weighted by Gasteiger charge is -2.12. The molecule has 0 saturated carbocycles. The van der Waals surface area contributed by atoms with Gasteiger partial charge in [-0.05, 0) is 35.7 Å². The number of rotatable bonds is 7. The summed E-state index contributed by atoms with van der Waals surface area (Å²) >= 11 is 0. The van der Waals surface area contributed by atoms with Crippen LogP contribution < -0.4 is 15.4 Å². The Morgan fingerprint density at radius 2 is 1.96 bits per heavy atom. The number of halogens is 3. The topological polar surface area (TPSA) is 61.4 Å². The molecular formula is C20H23F2IN4O. The third kappa shape index (κ3) is 6.08. The number of aromatic nitrogens is 1. The third-order valence-corrected chi connectivity index (χ3v) is 4.17. The van der Waals surface area contributed by atoms with Crippen molar-refractivity contribution < 1.29 is 13.5 Å². The molecule has 150 valence electrons. The van der Waals surface area contributed by atoms with E-state index in [1.54, 1.807) is 19.2 Å². The van der Waals surface area contributed by atoms with E-state index in [1.807, 2.05) is 24.4 Å². The molecule has 3 aromatic rings. The lowest BCUT2D eigenvalue weighted by atomic mass is 10.1. The molecule has 8 heteroatoms. The van der Waals surface area contributed by atoms with Crippen LogP contribution >= 0.6 is 24.0 Å². The number of alkyl halides is 2. The first-order valence-corrected chi connectivity index (χ1v) is 8.69. The van der Waals surface area contributed by atoms with Crippen LogP contribution in [0, 0.1) is 0 Å². The van der Waals surface area contributed by atoms with Gasteiger partial charge in [0.1, 0.15) is 5.75 Å². The number of para-hydroxylation sites is 1. The minimum Gasteiger partial charge on any atom is -0.435 e. The van der Waals surface area contributed by atoms with Crippen molar-refractivity contribution in [1.29, 1.82) is 0 Å². The molecule has 3 rings (SSSR count). The molecule has 0 fully saturated rings. The third-order valence-electron chi connectivity index (χ3n) is 4.17. The zero-order valence-electron chi connectivity index (χ0n) is 15.4. The fraction of sp³-hybridized carbons (Fsp3) is 0.250. The second-order valence-corrected chi connectivity index (χ2v) is 5.99. The summed E-state index contributed by atoms with van der Waals surface area (Å²) in [4.78, 5) is 7.46. The van der Waals surface area contributed by atoms with Gasteiger partial charge >= 0.3 is 6.61 Å². The van der Waals surface area contributed by atoms with E-state index < -0.39 is 6.61 Å². The molecule has 0 bridgehead atoms. The Morgan fingerprint density at radius 3 is 2.75 bits per heavy atom. The largest absolute Gasteiger partial charge is 0.435 e. The molecule has 2 aromatic carbocycles. The van der Waals surface area contributed by atoms with Crippen LogP contribution in [0.15, 0.2) is 59.7 Å². The highest BCUT2D eigenvalue weighted by molar-refractivity contribution is 14.0. The van der Waals surface area contributed by atoms with Crippen molar-refractivity contribution in [2.75, 3.05) is 13.6 Å². The Bertz CT molecular complexity index is 914. The molecule has 0 aliphatic heterocycles. The van der Waals surface area contributed by atoms with Crippen molar-refractivity contribution in [1.82, 2.24) is 15.6 Å². The first kappa shape index (κ1) is 21.9. The number of hydrogen-bond donors (Lipinski definition) is 3. The van der Waals surface area contributed by atoms with Gasteiger partial charge in [-0.2, -0.15) is 8.78 Å². The summed E-state index contributed by atoms with van der Waals surface area (Å²) in [6.45, 7) is -1.66. The fourth-order valence-electron chi connectivity index (χ4n) is 2.89. The summed E-state index contributed by atoms with van der Waals surface area (Å²) in [5.41, 5.74) is 3.19. The average Bonchev–Trinajstić information content (AvgIpc) is 3.07. The molecule has 1 heterocycles. The molecule has 28 heavy (non-hydrogen) atoms. The Hall–Kier alpha value is -2.36. The number of guanidine groups is 1. The van der Waals surface area contributed by atoms with Gasteiger partial charge in [-0.1, -0.05) is 30.3 Å². The van der Waals surface area contributed by atoms with Crippen LogP contribution in [0.25, 0.3) is 10.9 Å². The second-order valence-electron chi connectivity index (χ2n) is 5.99. The Labute approximate surface area is 179 Å². The van der Waals surface area contributed by atoms with E-state index in [2.05, 4.69) is 37.5 Å². The van der Waals surface area contributed by atoms with Crippen molar-refractivity contribution in [3.05, 3.63) is 65.9 Å². The number of aromatic amines is 1. The SMILES string of the molecule is CN=C(NCCc1c[nH]c2ccccc12)NCc1cccc(OC(F)F)c1.I. The van der Waals surface area contributed by atoms with Gasteiger partial charge in [0.15, 0.2) is 5.96 Å². The normalized spacial score (nSPS) is 11.4. The number of hydrogen-bond acceptors (Lipinski definition) is 2. The summed E-state index contributed by atoms with van der Waals surface area (Å²) in [7, 11) is 1.69. The fourth-order valence-corrected chi connectivity index (χ4v) is 2.89. The van der Waals surface area contributed by atoms with Crippen molar-refractivity contribution in [3.63, 3.8) is 0 Å². The highest BCUT2D eigenvalue weighted by Crippen LogP contribution is 2.18. The van der Waals surface area contributed by atoms with Crippen LogP contribution in [0.5, 0.6) is 5.75 Å². The molecule has 0 saturated heterocycles. The number of nitrogens with one attached hydrogen (secondary N) is 3. The van der Waals surface area contributed by atoms with Crippen molar-refractivity contribution in [3.8, 4) is 5.75 Å². The van der Waals surface area contributed by atoms with E-state index in [0.717, 1.165) is 24.0 Å². The maximum atomic E-state index is 12.3. The van der Waals surface area contributed by atoms with E-state index in [0.29, 0.717) is 12.5 Å². The smallest absolute Gasteiger partial charge is 0.387 e. The standard InChI is InChI=1S/C20H22F2N4O.HI/c1-23-20(26-12-14-5-4-6-16(11-14)27-19(21)22)24-10-9-15-13-25-18-8-3-2-7-17(15)18;/h2-8,11,13,19,25H,9-10,12H2,1H3,(H2,23,24,26);1H. The number of fused-ring (bicyclic) bond motifs is 1. The molecule has 0 spiro atoms. The highest BCUT2D eigenvalue weighted by atomic mass is 127. The molecule has 0 amide bonds. The van der Waals surface area contributed by atoms with Gasteiger partial charge in [-0.3, -0.25) is 4.99 Å². The molecule has 0 atom stereocenters. The molecule has 1 aromatic heterocycles. The van der Waals surface area contributed by atoms with E-state index >= 15 is 0 Å². The lowest BCUT2D eigenvalue weighted by Crippen LogP contribution is -2.37. The molecule has 3 N–H and O–H groups in total. The first-order valence-electron chi connectivity index (χ1n) is 8.69. The Kier molecular flexibility index (Phi) is 8.49. The summed E-state index contributed by atoms with van der Waals surface area (Å²) in [6.07, 6.45) is 2.87. The predicted octanol–water partition coefficient (Wildman–Crippen LogP) is 4.30. The van der Waals surface area contributed by atoms with Crippen molar-refractivity contribution in [2.24, 2.45) is 4.99 Å². The quantitative estimate of drug-likeness (QED) is 0.258. The maximum Gasteiger partial charge on any atom is 0.387 e. The van der Waals surface area contributed by atoms with E-state index in [1.165, 1.54) is 17.0 Å². The molecule has 0 aliphatic carbocycles. The highest BCUT2D eigenvalue weighted by Gasteiger charge is 2.06. The van der Waals surface area contributed by atoms with E-state index in [9.17, 15) is 8.78 Å². The van der Waals surface area contributed by atoms with Gasteiger partial charge in [0.25, 0.3) is 0 Å². The van der Waals surface area contributed by atoms with Gasteiger partial charge in [-0.25, -0.2) is 0 Å². The number of nitrogens with zero attached hydrogens (tertiary/aromatic N) is 1. The number of ether oxygens (including phenoxy) is 1. The zero-order chi connectivity index (χ0) is 19.1. The van der Waals surface area contributed by atoms with Crippen LogP contribution in [0.4, 0.5) is 8.78 Å². The van der Waals surface area contributed by atoms with Crippen LogP contribution in [-0.2, 0) is 13.0 Å². The van der Waals surface area contributed by atoms with Crippen molar-refractivity contribution >= 4 is 40.8 Å². The van der Waals surface area contributed by atoms with E-state index in [-0.39, 0.29) is 29.7 Å². The van der Waals surface area contributed by atoms with Crippen LogP contribution in [-0.4, -0.2) is 31.1 Å². The molecule has 5 nitrogen and oxygen atoms in total. The minimum atomic E-state index is -2.83. The molecular weight excluding hydrogens is 477 g/mol. The van der Waals surface area contributed by atoms with Gasteiger partial charge < -0.3 is 20.4 Å². The van der Waals surface area contributed by atoms with Crippen LogP contribution in [0.1, 0.15) is 11.1 Å². The molecule has 0 radical (unpaired) electrons. The number of aliphatic imine (C=N–C) groups is 1. The Balaban J connectivity index is 0.00000280. The maximum absolute atomic E-state index is 12.3. The predicted molar refractivity (Wildman–Crippen MR) is 119 cm³/mol. The van der Waals surface area contributed by atoms with Gasteiger partial charge in [-0.15, -0.1) is 24.0 Å². The second kappa shape index (κ2) is 10.8. The summed E-state index contributed by atoms with van der Waals surface area (Å²) in [6, 6.07) is 14.8. The average molecular weight is 500 g/mol. The molecule has 0 unspecified atom stereocenters. The Morgan fingerprint density at radius 1 is 1.14 bits per heavy atom. The molecule has 0 aliphatic rings.